The van der Waals surface area contributed by atoms with Crippen LogP contribution in [0.4, 0.5) is 11.4 Å². The molecule has 0 fully saturated rings. The molecule has 40 heavy (non-hydrogen) atoms. The van der Waals surface area contributed by atoms with Crippen LogP contribution in [0.2, 0.25) is 0 Å². The molecule has 2 nitrogen and oxygen atoms in total. The number of ether oxygens (including phenoxy) is 1. The van der Waals surface area contributed by atoms with Crippen LogP contribution in [0.5, 0.6) is 5.75 Å². The van der Waals surface area contributed by atoms with E-state index in [1.807, 2.05) is 0 Å². The molecule has 0 radical (unpaired) electrons. The standard InChI is InChI=1S/C38H27NO/c1-3-10-26(11-4-1)30-20-22-33-36(24-30)40-37-25-31(27-12-5-2-6-13-27)21-23-34(37)39(33)35-17-9-15-29-19-18-28-14-7-8-16-32(28)38(29)35/h1-25,33,36H. The number of hydrogen-bond donors (Lipinski definition) is 0. The van der Waals surface area contributed by atoms with Gasteiger partial charge in [-0.05, 0) is 62.7 Å². The molecule has 0 saturated heterocycles. The third kappa shape index (κ3) is 3.72. The molecule has 6 aromatic carbocycles. The highest BCUT2D eigenvalue weighted by Crippen LogP contribution is 2.48. The molecule has 2 heteroatoms. The highest BCUT2D eigenvalue weighted by atomic mass is 16.5. The van der Waals surface area contributed by atoms with E-state index < -0.39 is 0 Å². The largest absolute Gasteiger partial charge is 0.482 e. The van der Waals surface area contributed by atoms with E-state index in [1.54, 1.807) is 0 Å². The number of hydrogen-bond acceptors (Lipinski definition) is 2. The normalized spacial score (nSPS) is 17.7. The molecule has 2 atom stereocenters. The van der Waals surface area contributed by atoms with Gasteiger partial charge in [0.05, 0.1) is 17.4 Å². The van der Waals surface area contributed by atoms with Crippen LogP contribution in [0.15, 0.2) is 152 Å². The lowest BCUT2D eigenvalue weighted by atomic mass is 9.91. The van der Waals surface area contributed by atoms with Gasteiger partial charge in [0.25, 0.3) is 0 Å². The molecule has 2 aliphatic rings. The number of benzene rings is 6. The van der Waals surface area contributed by atoms with E-state index in [0.717, 1.165) is 17.0 Å². The summed E-state index contributed by atoms with van der Waals surface area (Å²) in [7, 11) is 0. The Labute approximate surface area is 234 Å². The Morgan fingerprint density at radius 3 is 2.12 bits per heavy atom. The topological polar surface area (TPSA) is 12.5 Å². The van der Waals surface area contributed by atoms with Gasteiger partial charge >= 0.3 is 0 Å². The monoisotopic (exact) mass is 513 g/mol. The summed E-state index contributed by atoms with van der Waals surface area (Å²) in [6, 6.07) is 47.5. The molecular formula is C38H27NO. The summed E-state index contributed by atoms with van der Waals surface area (Å²) in [5, 5.41) is 5.02. The molecule has 1 aliphatic carbocycles. The van der Waals surface area contributed by atoms with E-state index in [0.29, 0.717) is 0 Å². The van der Waals surface area contributed by atoms with Crippen molar-refractivity contribution in [1.82, 2.24) is 0 Å². The predicted octanol–water partition coefficient (Wildman–Crippen LogP) is 9.58. The van der Waals surface area contributed by atoms with Crippen LogP contribution in [0.25, 0.3) is 38.2 Å². The van der Waals surface area contributed by atoms with Crippen molar-refractivity contribution in [3.63, 3.8) is 0 Å². The van der Waals surface area contributed by atoms with Crippen LogP contribution in [-0.2, 0) is 0 Å². The maximum absolute atomic E-state index is 6.83. The van der Waals surface area contributed by atoms with Crippen molar-refractivity contribution in [1.29, 1.82) is 0 Å². The van der Waals surface area contributed by atoms with Crippen LogP contribution < -0.4 is 9.64 Å². The number of anilines is 2. The number of fused-ring (bicyclic) bond motifs is 5. The van der Waals surface area contributed by atoms with Crippen molar-refractivity contribution in [3.8, 4) is 16.9 Å². The molecule has 1 aliphatic heterocycles. The first-order valence-corrected chi connectivity index (χ1v) is 13.8. The minimum atomic E-state index is -0.135. The Kier molecular flexibility index (Phi) is 5.31. The molecule has 6 aromatic rings. The van der Waals surface area contributed by atoms with E-state index in [2.05, 4.69) is 157 Å². The third-order valence-electron chi connectivity index (χ3n) is 8.15. The lowest BCUT2D eigenvalue weighted by Gasteiger charge is -2.43. The van der Waals surface area contributed by atoms with Crippen molar-refractivity contribution >= 4 is 38.5 Å². The van der Waals surface area contributed by atoms with E-state index in [-0.39, 0.29) is 12.1 Å². The van der Waals surface area contributed by atoms with Crippen LogP contribution in [0.3, 0.4) is 0 Å². The average molecular weight is 514 g/mol. The summed E-state index contributed by atoms with van der Waals surface area (Å²) >= 11 is 0. The Hall–Kier alpha value is -5.08. The highest BCUT2D eigenvalue weighted by Gasteiger charge is 2.37. The van der Waals surface area contributed by atoms with Gasteiger partial charge in [-0.2, -0.15) is 0 Å². The van der Waals surface area contributed by atoms with Crippen LogP contribution in [0, 0.1) is 0 Å². The first-order valence-electron chi connectivity index (χ1n) is 13.8. The zero-order chi connectivity index (χ0) is 26.5. The molecule has 0 bridgehead atoms. The summed E-state index contributed by atoms with van der Waals surface area (Å²) in [5.74, 6) is 0.902. The molecule has 0 spiro atoms. The summed E-state index contributed by atoms with van der Waals surface area (Å²) in [4.78, 5) is 2.49. The summed E-state index contributed by atoms with van der Waals surface area (Å²) in [6.07, 6.45) is 6.71. The van der Waals surface area contributed by atoms with Gasteiger partial charge in [-0.3, -0.25) is 0 Å². The van der Waals surface area contributed by atoms with Gasteiger partial charge in [-0.15, -0.1) is 0 Å². The summed E-state index contributed by atoms with van der Waals surface area (Å²) in [5.41, 5.74) is 7.01. The summed E-state index contributed by atoms with van der Waals surface area (Å²) < 4.78 is 6.83. The minimum Gasteiger partial charge on any atom is -0.482 e. The van der Waals surface area contributed by atoms with Crippen molar-refractivity contribution in [2.45, 2.75) is 12.1 Å². The number of nitrogens with zero attached hydrogens (tertiary/aromatic N) is 1. The quantitative estimate of drug-likeness (QED) is 0.218. The molecule has 0 aromatic heterocycles. The molecular weight excluding hydrogens is 486 g/mol. The molecule has 2 unspecified atom stereocenters. The fraction of sp³-hybridized carbons (Fsp3) is 0.0526. The molecule has 1 heterocycles. The van der Waals surface area contributed by atoms with Gasteiger partial charge in [0.1, 0.15) is 11.9 Å². The molecule has 0 saturated carbocycles. The van der Waals surface area contributed by atoms with E-state index in [9.17, 15) is 0 Å². The molecule has 190 valence electrons. The van der Waals surface area contributed by atoms with Crippen molar-refractivity contribution in [2.75, 3.05) is 4.90 Å². The Morgan fingerprint density at radius 2 is 1.27 bits per heavy atom. The van der Waals surface area contributed by atoms with Crippen molar-refractivity contribution in [3.05, 3.63) is 157 Å². The Bertz CT molecular complexity index is 1940. The lowest BCUT2D eigenvalue weighted by Crippen LogP contribution is -2.46. The average Bonchev–Trinajstić information content (AvgIpc) is 3.03. The van der Waals surface area contributed by atoms with Crippen LogP contribution in [0.1, 0.15) is 5.56 Å². The van der Waals surface area contributed by atoms with Gasteiger partial charge in [0.15, 0.2) is 0 Å². The van der Waals surface area contributed by atoms with E-state index in [1.165, 1.54) is 43.9 Å². The third-order valence-corrected chi connectivity index (χ3v) is 8.15. The van der Waals surface area contributed by atoms with E-state index >= 15 is 0 Å². The Morgan fingerprint density at radius 1 is 0.550 bits per heavy atom. The fourth-order valence-corrected chi connectivity index (χ4v) is 6.26. The lowest BCUT2D eigenvalue weighted by molar-refractivity contribution is 0.219. The second kappa shape index (κ2) is 9.29. The number of rotatable bonds is 3. The van der Waals surface area contributed by atoms with Crippen LogP contribution in [-0.4, -0.2) is 12.1 Å². The maximum Gasteiger partial charge on any atom is 0.144 e. The predicted molar refractivity (Wildman–Crippen MR) is 167 cm³/mol. The summed E-state index contributed by atoms with van der Waals surface area (Å²) in [6.45, 7) is 0. The zero-order valence-corrected chi connectivity index (χ0v) is 21.9. The molecule has 0 N–H and O–H groups in total. The minimum absolute atomic E-state index is 0.0205. The highest BCUT2D eigenvalue weighted by molar-refractivity contribution is 6.14. The van der Waals surface area contributed by atoms with Gasteiger partial charge in [0.2, 0.25) is 0 Å². The second-order valence-corrected chi connectivity index (χ2v) is 10.5. The first-order chi connectivity index (χ1) is 19.8. The van der Waals surface area contributed by atoms with E-state index in [4.69, 9.17) is 4.74 Å². The first kappa shape index (κ1) is 22.9. The zero-order valence-electron chi connectivity index (χ0n) is 21.9. The van der Waals surface area contributed by atoms with Gasteiger partial charge < -0.3 is 9.64 Å². The number of allylic oxidation sites excluding steroid dienone is 2. The van der Waals surface area contributed by atoms with Crippen molar-refractivity contribution < 1.29 is 4.74 Å². The molecule has 8 rings (SSSR count). The SMILES string of the molecule is C1=CC2C(C=C1c1ccccc1)Oc1cc(-c3ccccc3)ccc1N2c1cccc2ccc3ccccc3c12. The van der Waals surface area contributed by atoms with Crippen LogP contribution >= 0.6 is 0 Å². The molecule has 0 amide bonds. The van der Waals surface area contributed by atoms with Crippen molar-refractivity contribution in [2.24, 2.45) is 0 Å². The Balaban J connectivity index is 1.35. The van der Waals surface area contributed by atoms with Gasteiger partial charge in [-0.25, -0.2) is 0 Å². The second-order valence-electron chi connectivity index (χ2n) is 10.5. The maximum atomic E-state index is 6.83. The van der Waals surface area contributed by atoms with Gasteiger partial charge in [-0.1, -0.05) is 127 Å². The fourth-order valence-electron chi connectivity index (χ4n) is 6.26. The van der Waals surface area contributed by atoms with Gasteiger partial charge in [0, 0.05) is 5.39 Å². The smallest absolute Gasteiger partial charge is 0.144 e.